The fourth-order valence-corrected chi connectivity index (χ4v) is 4.38. The standard InChI is InChI=1S/C23H25N5O4S/c1-25(14-18-9-6-12-33-18)19(29)15-28-22(30)20-21(24-16-26(20)10-11-32-2)27(23(28)31)13-17-7-4-3-5-8-17/h3-9,12,16H,10-11,13-15H2,1-2H3. The molecule has 0 aliphatic rings. The Kier molecular flexibility index (Phi) is 6.85. The van der Waals surface area contributed by atoms with Gasteiger partial charge in [0.1, 0.15) is 6.54 Å². The number of methoxy groups -OCH3 is 1. The summed E-state index contributed by atoms with van der Waals surface area (Å²) in [6.45, 7) is 1.08. The highest BCUT2D eigenvalue weighted by Crippen LogP contribution is 2.12. The fourth-order valence-electron chi connectivity index (χ4n) is 3.63. The number of thiophene rings is 1. The number of rotatable bonds is 9. The Balaban J connectivity index is 1.76. The molecule has 0 saturated carbocycles. The Hall–Kier alpha value is -3.50. The second-order valence-corrected chi connectivity index (χ2v) is 8.71. The lowest BCUT2D eigenvalue weighted by Gasteiger charge is -2.18. The molecule has 0 atom stereocenters. The predicted molar refractivity (Wildman–Crippen MR) is 126 cm³/mol. The smallest absolute Gasteiger partial charge is 0.333 e. The number of hydrogen-bond acceptors (Lipinski definition) is 6. The summed E-state index contributed by atoms with van der Waals surface area (Å²) in [7, 11) is 3.24. The van der Waals surface area contributed by atoms with Crippen LogP contribution in [-0.4, -0.2) is 50.3 Å². The molecule has 0 saturated heterocycles. The van der Waals surface area contributed by atoms with E-state index in [4.69, 9.17) is 4.74 Å². The number of hydrogen-bond donors (Lipinski definition) is 0. The van der Waals surface area contributed by atoms with E-state index in [1.807, 2.05) is 47.8 Å². The fraction of sp³-hybridized carbons (Fsp3) is 0.304. The van der Waals surface area contributed by atoms with Crippen LogP contribution in [0.5, 0.6) is 0 Å². The quantitative estimate of drug-likeness (QED) is 0.374. The summed E-state index contributed by atoms with van der Waals surface area (Å²) < 4.78 is 9.26. The number of ether oxygens (including phenoxy) is 1. The molecule has 0 bridgehead atoms. The third kappa shape index (κ3) is 4.81. The van der Waals surface area contributed by atoms with Gasteiger partial charge >= 0.3 is 5.69 Å². The van der Waals surface area contributed by atoms with Crippen LogP contribution in [0.25, 0.3) is 11.2 Å². The summed E-state index contributed by atoms with van der Waals surface area (Å²) in [5, 5.41) is 1.94. The summed E-state index contributed by atoms with van der Waals surface area (Å²) in [6, 6.07) is 13.3. The lowest BCUT2D eigenvalue weighted by Crippen LogP contribution is -2.44. The number of likely N-dealkylation sites (N-methyl/N-ethyl adjacent to an activating group) is 1. The number of imidazole rings is 1. The van der Waals surface area contributed by atoms with Crippen molar-refractivity contribution in [2.24, 2.45) is 0 Å². The molecule has 33 heavy (non-hydrogen) atoms. The number of carbonyl (C=O) groups excluding carboxylic acids is 1. The zero-order valence-corrected chi connectivity index (χ0v) is 19.3. The molecule has 3 heterocycles. The van der Waals surface area contributed by atoms with Crippen molar-refractivity contribution in [2.75, 3.05) is 20.8 Å². The Morgan fingerprint density at radius 3 is 2.61 bits per heavy atom. The van der Waals surface area contributed by atoms with Crippen LogP contribution >= 0.6 is 11.3 Å². The maximum absolute atomic E-state index is 13.4. The number of benzene rings is 1. The SMILES string of the molecule is COCCn1cnc2c1c(=O)n(CC(=O)N(C)Cc1cccs1)c(=O)n2Cc1ccccc1. The van der Waals surface area contributed by atoms with Crippen LogP contribution in [0, 0.1) is 0 Å². The molecular formula is C23H25N5O4S. The highest BCUT2D eigenvalue weighted by molar-refractivity contribution is 7.09. The average Bonchev–Trinajstić information content (AvgIpc) is 3.48. The molecule has 0 aliphatic carbocycles. The molecule has 0 N–H and O–H groups in total. The van der Waals surface area contributed by atoms with Crippen molar-refractivity contribution < 1.29 is 9.53 Å². The van der Waals surface area contributed by atoms with Gasteiger partial charge in [-0.3, -0.25) is 14.2 Å². The number of amides is 1. The van der Waals surface area contributed by atoms with E-state index in [1.54, 1.807) is 30.1 Å². The monoisotopic (exact) mass is 467 g/mol. The van der Waals surface area contributed by atoms with Crippen molar-refractivity contribution in [3.8, 4) is 0 Å². The molecule has 1 aromatic carbocycles. The van der Waals surface area contributed by atoms with Crippen molar-refractivity contribution in [2.45, 2.75) is 26.2 Å². The molecule has 0 spiro atoms. The summed E-state index contributed by atoms with van der Waals surface area (Å²) in [5.74, 6) is -0.323. The lowest BCUT2D eigenvalue weighted by molar-refractivity contribution is -0.131. The van der Waals surface area contributed by atoms with Gasteiger partial charge in [-0.15, -0.1) is 11.3 Å². The first-order valence-corrected chi connectivity index (χ1v) is 11.3. The van der Waals surface area contributed by atoms with Gasteiger partial charge in [-0.2, -0.15) is 0 Å². The highest BCUT2D eigenvalue weighted by Gasteiger charge is 2.21. The summed E-state index contributed by atoms with van der Waals surface area (Å²) in [5.41, 5.74) is 0.354. The van der Waals surface area contributed by atoms with Crippen molar-refractivity contribution in [1.29, 1.82) is 0 Å². The molecule has 4 rings (SSSR count). The Bertz CT molecular complexity index is 1360. The maximum Gasteiger partial charge on any atom is 0.333 e. The Morgan fingerprint density at radius 1 is 1.12 bits per heavy atom. The van der Waals surface area contributed by atoms with Gasteiger partial charge in [-0.25, -0.2) is 14.3 Å². The van der Waals surface area contributed by atoms with Crippen molar-refractivity contribution in [3.63, 3.8) is 0 Å². The molecule has 4 aromatic rings. The molecule has 0 fully saturated rings. The van der Waals surface area contributed by atoms with Crippen LogP contribution in [0.2, 0.25) is 0 Å². The van der Waals surface area contributed by atoms with Gasteiger partial charge in [0.15, 0.2) is 11.2 Å². The number of aromatic nitrogens is 4. The highest BCUT2D eigenvalue weighted by atomic mass is 32.1. The van der Waals surface area contributed by atoms with Gasteiger partial charge in [-0.05, 0) is 17.0 Å². The van der Waals surface area contributed by atoms with Crippen molar-refractivity contribution in [3.05, 3.63) is 85.5 Å². The van der Waals surface area contributed by atoms with Crippen LogP contribution in [0.4, 0.5) is 0 Å². The van der Waals surface area contributed by atoms with Gasteiger partial charge in [0, 0.05) is 25.6 Å². The topological polar surface area (TPSA) is 91.4 Å². The minimum atomic E-state index is -0.564. The predicted octanol–water partition coefficient (Wildman–Crippen LogP) is 1.77. The number of carbonyl (C=O) groups is 1. The first-order chi connectivity index (χ1) is 16.0. The molecule has 0 radical (unpaired) electrons. The Morgan fingerprint density at radius 2 is 1.91 bits per heavy atom. The Labute approximate surface area is 194 Å². The first-order valence-electron chi connectivity index (χ1n) is 10.5. The average molecular weight is 468 g/mol. The van der Waals surface area contributed by atoms with Crippen LogP contribution in [0.3, 0.4) is 0 Å². The zero-order valence-electron chi connectivity index (χ0n) is 18.5. The van der Waals surface area contributed by atoms with E-state index in [2.05, 4.69) is 4.98 Å². The summed E-state index contributed by atoms with van der Waals surface area (Å²) in [6.07, 6.45) is 1.53. The minimum absolute atomic E-state index is 0.233. The van der Waals surface area contributed by atoms with Crippen LogP contribution in [0.15, 0.2) is 63.8 Å². The molecule has 9 nitrogen and oxygen atoms in total. The summed E-state index contributed by atoms with van der Waals surface area (Å²) >= 11 is 1.55. The van der Waals surface area contributed by atoms with Gasteiger partial charge in [0.2, 0.25) is 5.91 Å². The van der Waals surface area contributed by atoms with E-state index in [0.29, 0.717) is 25.3 Å². The van der Waals surface area contributed by atoms with Crippen LogP contribution < -0.4 is 11.2 Å². The molecule has 10 heteroatoms. The van der Waals surface area contributed by atoms with Gasteiger partial charge in [0.05, 0.1) is 26.0 Å². The third-order valence-corrected chi connectivity index (χ3v) is 6.26. The molecule has 0 aliphatic heterocycles. The van der Waals surface area contributed by atoms with Crippen LogP contribution in [0.1, 0.15) is 10.4 Å². The van der Waals surface area contributed by atoms with Gasteiger partial charge in [0.25, 0.3) is 5.56 Å². The first kappa shape index (κ1) is 22.7. The zero-order chi connectivity index (χ0) is 23.4. The minimum Gasteiger partial charge on any atom is -0.383 e. The second kappa shape index (κ2) is 9.97. The van der Waals surface area contributed by atoms with E-state index >= 15 is 0 Å². The van der Waals surface area contributed by atoms with Crippen molar-refractivity contribution in [1.82, 2.24) is 23.6 Å². The second-order valence-electron chi connectivity index (χ2n) is 7.68. The summed E-state index contributed by atoms with van der Waals surface area (Å²) in [4.78, 5) is 46.6. The van der Waals surface area contributed by atoms with Crippen molar-refractivity contribution >= 4 is 28.4 Å². The number of nitrogens with zero attached hydrogens (tertiary/aromatic N) is 5. The number of fused-ring (bicyclic) bond motifs is 1. The van der Waals surface area contributed by atoms with Gasteiger partial charge < -0.3 is 14.2 Å². The molecule has 1 amide bonds. The third-order valence-electron chi connectivity index (χ3n) is 5.40. The van der Waals surface area contributed by atoms with Gasteiger partial charge in [-0.1, -0.05) is 36.4 Å². The van der Waals surface area contributed by atoms with E-state index in [-0.39, 0.29) is 24.5 Å². The molecule has 0 unspecified atom stereocenters. The van der Waals surface area contributed by atoms with E-state index in [0.717, 1.165) is 15.0 Å². The van der Waals surface area contributed by atoms with E-state index in [1.165, 1.54) is 15.8 Å². The van der Waals surface area contributed by atoms with E-state index in [9.17, 15) is 14.4 Å². The lowest BCUT2D eigenvalue weighted by atomic mass is 10.2. The molecule has 172 valence electrons. The van der Waals surface area contributed by atoms with E-state index < -0.39 is 11.2 Å². The normalized spacial score (nSPS) is 11.2. The largest absolute Gasteiger partial charge is 0.383 e. The molecular weight excluding hydrogens is 442 g/mol. The maximum atomic E-state index is 13.4. The molecule has 3 aromatic heterocycles. The van der Waals surface area contributed by atoms with Crippen LogP contribution in [-0.2, 0) is 35.7 Å².